The van der Waals surface area contributed by atoms with Crippen molar-refractivity contribution in [1.82, 2.24) is 14.7 Å². The first-order valence-electron chi connectivity index (χ1n) is 6.79. The molecule has 1 aromatic heterocycles. The molecule has 0 bridgehead atoms. The van der Waals surface area contributed by atoms with Gasteiger partial charge in [-0.2, -0.15) is 5.10 Å². The maximum Gasteiger partial charge on any atom is 0.320 e. The van der Waals surface area contributed by atoms with Crippen molar-refractivity contribution in [3.8, 4) is 0 Å². The summed E-state index contributed by atoms with van der Waals surface area (Å²) in [5.41, 5.74) is 2.13. The zero-order valence-electron chi connectivity index (χ0n) is 11.4. The van der Waals surface area contributed by atoms with Crippen LogP contribution >= 0.6 is 15.9 Å². The molecule has 2 rings (SSSR count). The van der Waals surface area contributed by atoms with Gasteiger partial charge >= 0.3 is 5.97 Å². The lowest BCUT2D eigenvalue weighted by atomic mass is 10.2. The van der Waals surface area contributed by atoms with Crippen LogP contribution in [-0.2, 0) is 24.3 Å². The molecule has 1 aliphatic rings. The summed E-state index contributed by atoms with van der Waals surface area (Å²) in [6.45, 7) is 6.44. The van der Waals surface area contributed by atoms with E-state index >= 15 is 0 Å². The molecule has 1 N–H and O–H groups in total. The molecule has 1 aromatic rings. The number of nitrogens with zero attached hydrogens (tertiary/aromatic N) is 3. The lowest BCUT2D eigenvalue weighted by molar-refractivity contribution is -0.142. The van der Waals surface area contributed by atoms with E-state index in [1.165, 1.54) is 0 Å². The number of hydrogen-bond donors (Lipinski definition) is 1. The maximum atomic E-state index is 11.2. The molecule has 1 aliphatic heterocycles. The van der Waals surface area contributed by atoms with E-state index in [-0.39, 0.29) is 6.04 Å². The third kappa shape index (κ3) is 2.84. The van der Waals surface area contributed by atoms with Gasteiger partial charge in [-0.3, -0.25) is 14.4 Å². The van der Waals surface area contributed by atoms with Crippen LogP contribution < -0.4 is 0 Å². The highest BCUT2D eigenvalue weighted by molar-refractivity contribution is 9.10. The topological polar surface area (TPSA) is 58.4 Å². The maximum absolute atomic E-state index is 11.2. The predicted molar refractivity (Wildman–Crippen MR) is 76.0 cm³/mol. The van der Waals surface area contributed by atoms with Crippen molar-refractivity contribution < 1.29 is 9.90 Å². The van der Waals surface area contributed by atoms with Crippen molar-refractivity contribution in [3.63, 3.8) is 0 Å². The molecule has 19 heavy (non-hydrogen) atoms. The molecular weight excluding hydrogens is 310 g/mol. The summed E-state index contributed by atoms with van der Waals surface area (Å²) >= 11 is 3.61. The van der Waals surface area contributed by atoms with Crippen molar-refractivity contribution in [3.05, 3.63) is 15.9 Å². The number of likely N-dealkylation sites (tertiary alicyclic amines) is 1. The molecule has 1 fully saturated rings. The molecule has 0 saturated carbocycles. The van der Waals surface area contributed by atoms with E-state index in [0.29, 0.717) is 6.54 Å². The second-order valence-electron chi connectivity index (χ2n) is 4.84. The fourth-order valence-corrected chi connectivity index (χ4v) is 3.35. The average Bonchev–Trinajstić information content (AvgIpc) is 2.96. The number of aliphatic carboxylic acids is 1. The van der Waals surface area contributed by atoms with Crippen LogP contribution in [0.4, 0.5) is 0 Å². The third-order valence-electron chi connectivity index (χ3n) is 3.70. The van der Waals surface area contributed by atoms with Crippen LogP contribution in [0.15, 0.2) is 4.47 Å². The summed E-state index contributed by atoms with van der Waals surface area (Å²) in [6, 6.07) is -0.350. The highest BCUT2D eigenvalue weighted by Gasteiger charge is 2.31. The SMILES string of the molecule is CCc1nn(CC)c(CN2CCCC2C(=O)O)c1Br. The minimum Gasteiger partial charge on any atom is -0.480 e. The molecule has 1 unspecified atom stereocenters. The molecule has 0 aliphatic carbocycles. The number of carboxylic acid groups (broad SMARTS) is 1. The van der Waals surface area contributed by atoms with Crippen molar-refractivity contribution in [2.45, 2.75) is 52.2 Å². The van der Waals surface area contributed by atoms with Crippen molar-refractivity contribution >= 4 is 21.9 Å². The Bertz CT molecular complexity index is 473. The molecule has 0 aromatic carbocycles. The van der Waals surface area contributed by atoms with Gasteiger partial charge in [-0.15, -0.1) is 0 Å². The molecule has 1 saturated heterocycles. The average molecular weight is 330 g/mol. The minimum absolute atomic E-state index is 0.350. The summed E-state index contributed by atoms with van der Waals surface area (Å²) in [6.07, 6.45) is 2.58. The molecule has 0 amide bonds. The van der Waals surface area contributed by atoms with E-state index in [1.54, 1.807) is 0 Å². The fraction of sp³-hybridized carbons (Fsp3) is 0.692. The number of aromatic nitrogens is 2. The van der Waals surface area contributed by atoms with Crippen LogP contribution in [0, 0.1) is 0 Å². The molecular formula is C13H20BrN3O2. The van der Waals surface area contributed by atoms with Crippen LogP contribution in [0.5, 0.6) is 0 Å². The highest BCUT2D eigenvalue weighted by Crippen LogP contribution is 2.27. The summed E-state index contributed by atoms with van der Waals surface area (Å²) in [7, 11) is 0. The van der Waals surface area contributed by atoms with Crippen LogP contribution in [0.3, 0.4) is 0 Å². The predicted octanol–water partition coefficient (Wildman–Crippen LogP) is 2.28. The zero-order valence-corrected chi connectivity index (χ0v) is 13.0. The lowest BCUT2D eigenvalue weighted by Gasteiger charge is -2.21. The second-order valence-corrected chi connectivity index (χ2v) is 5.64. The van der Waals surface area contributed by atoms with Crippen LogP contribution in [0.2, 0.25) is 0 Å². The Hall–Kier alpha value is -0.880. The Kier molecular flexibility index (Phi) is 4.62. The Morgan fingerprint density at radius 1 is 1.53 bits per heavy atom. The Morgan fingerprint density at radius 3 is 2.84 bits per heavy atom. The molecule has 106 valence electrons. The minimum atomic E-state index is -0.716. The van der Waals surface area contributed by atoms with E-state index in [9.17, 15) is 9.90 Å². The Labute approximate surface area is 121 Å². The van der Waals surface area contributed by atoms with Gasteiger partial charge in [0.2, 0.25) is 0 Å². The fourth-order valence-electron chi connectivity index (χ4n) is 2.66. The van der Waals surface area contributed by atoms with Gasteiger partial charge in [0.1, 0.15) is 6.04 Å². The summed E-state index contributed by atoms with van der Waals surface area (Å²) < 4.78 is 3.01. The Morgan fingerprint density at radius 2 is 2.26 bits per heavy atom. The molecule has 0 spiro atoms. The summed E-state index contributed by atoms with van der Waals surface area (Å²) in [5, 5.41) is 13.8. The summed E-state index contributed by atoms with van der Waals surface area (Å²) in [5.74, 6) is -0.716. The van der Waals surface area contributed by atoms with E-state index in [1.807, 2.05) is 9.58 Å². The second kappa shape index (κ2) is 6.05. The van der Waals surface area contributed by atoms with E-state index in [2.05, 4.69) is 34.9 Å². The lowest BCUT2D eigenvalue weighted by Crippen LogP contribution is -2.36. The van der Waals surface area contributed by atoms with Crippen LogP contribution in [0.25, 0.3) is 0 Å². The third-order valence-corrected chi connectivity index (χ3v) is 4.61. The van der Waals surface area contributed by atoms with Gasteiger partial charge in [-0.1, -0.05) is 6.92 Å². The monoisotopic (exact) mass is 329 g/mol. The van der Waals surface area contributed by atoms with Gasteiger partial charge in [0.15, 0.2) is 0 Å². The first-order valence-corrected chi connectivity index (χ1v) is 7.58. The van der Waals surface area contributed by atoms with Gasteiger partial charge in [-0.25, -0.2) is 0 Å². The zero-order chi connectivity index (χ0) is 14.0. The quantitative estimate of drug-likeness (QED) is 0.900. The van der Waals surface area contributed by atoms with Gasteiger partial charge in [-0.05, 0) is 48.7 Å². The number of carboxylic acids is 1. The van der Waals surface area contributed by atoms with Crippen molar-refractivity contribution in [2.24, 2.45) is 0 Å². The number of hydrogen-bond acceptors (Lipinski definition) is 3. The van der Waals surface area contributed by atoms with E-state index in [4.69, 9.17) is 0 Å². The number of aryl methyl sites for hydroxylation is 2. The van der Waals surface area contributed by atoms with E-state index < -0.39 is 5.97 Å². The number of halogens is 1. The van der Waals surface area contributed by atoms with Gasteiger partial charge in [0.25, 0.3) is 0 Å². The van der Waals surface area contributed by atoms with Gasteiger partial charge < -0.3 is 5.11 Å². The molecule has 6 heteroatoms. The Balaban J connectivity index is 2.23. The number of rotatable bonds is 5. The van der Waals surface area contributed by atoms with Crippen molar-refractivity contribution in [2.75, 3.05) is 6.54 Å². The molecule has 1 atom stereocenters. The van der Waals surface area contributed by atoms with Crippen LogP contribution in [-0.4, -0.2) is 38.3 Å². The largest absolute Gasteiger partial charge is 0.480 e. The van der Waals surface area contributed by atoms with Gasteiger partial charge in [0, 0.05) is 13.1 Å². The van der Waals surface area contributed by atoms with E-state index in [0.717, 1.165) is 48.2 Å². The molecule has 0 radical (unpaired) electrons. The molecule has 5 nitrogen and oxygen atoms in total. The highest BCUT2D eigenvalue weighted by atomic mass is 79.9. The first kappa shape index (κ1) is 14.5. The molecule has 2 heterocycles. The normalized spacial score (nSPS) is 20.1. The standard InChI is InChI=1S/C13H20BrN3O2/c1-3-9-12(14)11(17(4-2)15-9)8-16-7-5-6-10(16)13(18)19/h10H,3-8H2,1-2H3,(H,18,19). The first-order chi connectivity index (χ1) is 9.08. The van der Waals surface area contributed by atoms with Gasteiger partial charge in [0.05, 0.1) is 15.9 Å². The smallest absolute Gasteiger partial charge is 0.320 e. The van der Waals surface area contributed by atoms with Crippen LogP contribution in [0.1, 0.15) is 38.1 Å². The van der Waals surface area contributed by atoms with Crippen molar-refractivity contribution in [1.29, 1.82) is 0 Å². The number of carbonyl (C=O) groups is 1. The summed E-state index contributed by atoms with van der Waals surface area (Å²) in [4.78, 5) is 13.3.